The summed E-state index contributed by atoms with van der Waals surface area (Å²) >= 11 is 0. The van der Waals surface area contributed by atoms with Crippen molar-refractivity contribution in [3.05, 3.63) is 0 Å². The molecule has 0 aliphatic rings. The van der Waals surface area contributed by atoms with E-state index in [1.54, 1.807) is 28.1 Å². The Bertz CT molecular complexity index is 64.9. The van der Waals surface area contributed by atoms with Gasteiger partial charge in [-0.25, -0.2) is 0 Å². The summed E-state index contributed by atoms with van der Waals surface area (Å²) in [5.41, 5.74) is 0. The summed E-state index contributed by atoms with van der Waals surface area (Å²) in [6.45, 7) is 4.23. The highest BCUT2D eigenvalue weighted by Gasteiger charge is 1.88. The summed E-state index contributed by atoms with van der Waals surface area (Å²) in [6, 6.07) is 0. The van der Waals surface area contributed by atoms with Crippen LogP contribution in [0.2, 0.25) is 0 Å². The Balaban J connectivity index is -0.000000143. The van der Waals surface area contributed by atoms with Gasteiger partial charge in [-0.2, -0.15) is 0 Å². The Morgan fingerprint density at radius 2 is 1.15 bits per heavy atom. The van der Waals surface area contributed by atoms with Gasteiger partial charge in [0.1, 0.15) is 0 Å². The van der Waals surface area contributed by atoms with Gasteiger partial charge in [0, 0.05) is 14.2 Å². The molecule has 0 heterocycles. The van der Waals surface area contributed by atoms with Gasteiger partial charge in [0.2, 0.25) is 0 Å². The number of methoxy groups -OCH3 is 2. The van der Waals surface area contributed by atoms with Crippen LogP contribution >= 0.6 is 0 Å². The minimum Gasteiger partial charge on any atom is -0.412 e. The van der Waals surface area contributed by atoms with Crippen LogP contribution < -0.4 is 0 Å². The molecular weight excluding hydrogens is 176 g/mol. The maximum absolute atomic E-state index is 8.43. The lowest BCUT2D eigenvalue weighted by Gasteiger charge is -1.97. The largest absolute Gasteiger partial charge is 0.412 e. The van der Waals surface area contributed by atoms with E-state index in [1.165, 1.54) is 0 Å². The van der Waals surface area contributed by atoms with E-state index >= 15 is 0 Å². The first-order valence-corrected chi connectivity index (χ1v) is 3.88. The monoisotopic (exact) mass is 198 g/mol. The van der Waals surface area contributed by atoms with Crippen molar-refractivity contribution in [3.63, 3.8) is 0 Å². The number of hydrogen-bond donors (Lipinski definition) is 2. The van der Waals surface area contributed by atoms with Crippen molar-refractivity contribution >= 4 is 0 Å². The van der Waals surface area contributed by atoms with E-state index in [1.807, 2.05) is 0 Å². The van der Waals surface area contributed by atoms with Crippen LogP contribution in [0.4, 0.5) is 0 Å². The van der Waals surface area contributed by atoms with Crippen LogP contribution in [0.5, 0.6) is 0 Å². The van der Waals surface area contributed by atoms with Crippen LogP contribution in [0.1, 0.15) is 13.8 Å². The van der Waals surface area contributed by atoms with Gasteiger partial charge in [-0.05, 0) is 13.8 Å². The van der Waals surface area contributed by atoms with Crippen molar-refractivity contribution in [1.82, 2.24) is 0 Å². The van der Waals surface area contributed by atoms with E-state index in [0.29, 0.717) is 13.2 Å². The highest BCUT2D eigenvalue weighted by molar-refractivity contribution is 4.37. The van der Waals surface area contributed by atoms with Crippen LogP contribution in [-0.4, -0.2) is 55.3 Å². The molecule has 0 aliphatic carbocycles. The minimum absolute atomic E-state index is 0. The van der Waals surface area contributed by atoms with Gasteiger partial charge in [0.15, 0.2) is 0 Å². The second kappa shape index (κ2) is 14.3. The number of rotatable bonds is 4. The Hall–Kier alpha value is -0.200. The van der Waals surface area contributed by atoms with E-state index in [9.17, 15) is 0 Å². The van der Waals surface area contributed by atoms with Crippen LogP contribution in [0.25, 0.3) is 0 Å². The zero-order valence-electron chi connectivity index (χ0n) is 8.78. The van der Waals surface area contributed by atoms with Crippen molar-refractivity contribution in [2.75, 3.05) is 27.4 Å². The zero-order valence-corrected chi connectivity index (χ0v) is 8.78. The molecule has 0 aromatic heterocycles. The lowest BCUT2D eigenvalue weighted by molar-refractivity contribution is 0.0764. The summed E-state index contributed by atoms with van der Waals surface area (Å²) in [7, 11) is 3.12. The van der Waals surface area contributed by atoms with E-state index in [-0.39, 0.29) is 17.7 Å². The molecule has 0 aromatic carbocycles. The lowest BCUT2D eigenvalue weighted by Crippen LogP contribution is -2.07. The van der Waals surface area contributed by atoms with Gasteiger partial charge >= 0.3 is 0 Å². The molecule has 0 radical (unpaired) electrons. The van der Waals surface area contributed by atoms with Crippen molar-refractivity contribution < 1.29 is 25.2 Å². The van der Waals surface area contributed by atoms with Crippen molar-refractivity contribution in [2.45, 2.75) is 26.1 Å². The molecule has 0 aliphatic heterocycles. The van der Waals surface area contributed by atoms with Crippen LogP contribution in [0.3, 0.4) is 0 Å². The summed E-state index contributed by atoms with van der Waals surface area (Å²) in [4.78, 5) is 0. The molecule has 5 heteroatoms. The van der Waals surface area contributed by atoms with Gasteiger partial charge in [-0.3, -0.25) is 0 Å². The fourth-order valence-electron chi connectivity index (χ4n) is 0.482. The molecule has 4 N–H and O–H groups in total. The number of aliphatic hydroxyl groups is 2. The molecular formula is C8H22O5. The van der Waals surface area contributed by atoms with Crippen molar-refractivity contribution in [3.8, 4) is 0 Å². The van der Waals surface area contributed by atoms with Crippen molar-refractivity contribution in [2.24, 2.45) is 0 Å². The summed E-state index contributed by atoms with van der Waals surface area (Å²) in [6.07, 6.45) is -0.648. The van der Waals surface area contributed by atoms with Gasteiger partial charge in [-0.1, -0.05) is 0 Å². The van der Waals surface area contributed by atoms with E-state index in [2.05, 4.69) is 9.47 Å². The lowest BCUT2D eigenvalue weighted by atomic mass is 10.5. The third-order valence-electron chi connectivity index (χ3n) is 0.816. The number of aliphatic hydroxyl groups excluding tert-OH is 2. The first kappa shape index (κ1) is 18.6. The maximum atomic E-state index is 8.43. The molecule has 0 saturated carbocycles. The quantitative estimate of drug-likeness (QED) is 0.619. The summed E-state index contributed by atoms with van der Waals surface area (Å²) in [5.74, 6) is 0. The highest BCUT2D eigenvalue weighted by Crippen LogP contribution is 1.76. The second-order valence-electron chi connectivity index (χ2n) is 2.61. The molecule has 0 fully saturated rings. The molecule has 0 amide bonds. The first-order valence-electron chi connectivity index (χ1n) is 3.88. The molecule has 84 valence electrons. The second-order valence-corrected chi connectivity index (χ2v) is 2.61. The highest BCUT2D eigenvalue weighted by atomic mass is 16.5. The minimum atomic E-state index is -0.324. The maximum Gasteiger partial charge on any atom is 0.0745 e. The molecule has 2 atom stereocenters. The first-order chi connectivity index (χ1) is 5.54. The fourth-order valence-corrected chi connectivity index (χ4v) is 0.482. The average molecular weight is 198 g/mol. The predicted octanol–water partition coefficient (Wildman–Crippen LogP) is -0.797. The van der Waals surface area contributed by atoms with E-state index in [0.717, 1.165) is 0 Å². The smallest absolute Gasteiger partial charge is 0.0745 e. The van der Waals surface area contributed by atoms with Gasteiger partial charge in [0.05, 0.1) is 25.4 Å². The number of ether oxygens (including phenoxy) is 2. The Kier molecular flexibility index (Phi) is 20.5. The summed E-state index contributed by atoms with van der Waals surface area (Å²) in [5, 5.41) is 16.9. The normalized spacial score (nSPS) is 13.4. The average Bonchev–Trinajstić information content (AvgIpc) is 1.87. The van der Waals surface area contributed by atoms with Gasteiger partial charge < -0.3 is 25.2 Å². The Labute approximate surface area is 79.6 Å². The number of hydrogen-bond acceptors (Lipinski definition) is 4. The molecule has 0 saturated heterocycles. The Morgan fingerprint density at radius 1 is 0.923 bits per heavy atom. The molecule has 0 aromatic rings. The zero-order chi connectivity index (χ0) is 9.98. The molecule has 0 spiro atoms. The topological polar surface area (TPSA) is 90.4 Å². The molecule has 0 bridgehead atoms. The SMILES string of the molecule is COCC(C)O.COCC(C)O.O. The third kappa shape index (κ3) is 33.7. The van der Waals surface area contributed by atoms with E-state index in [4.69, 9.17) is 10.2 Å². The van der Waals surface area contributed by atoms with Crippen LogP contribution in [-0.2, 0) is 9.47 Å². The van der Waals surface area contributed by atoms with Crippen LogP contribution in [0.15, 0.2) is 0 Å². The predicted molar refractivity (Wildman–Crippen MR) is 50.7 cm³/mol. The van der Waals surface area contributed by atoms with Gasteiger partial charge in [0.25, 0.3) is 0 Å². The Morgan fingerprint density at radius 3 is 1.15 bits per heavy atom. The summed E-state index contributed by atoms with van der Waals surface area (Å²) < 4.78 is 9.11. The standard InChI is InChI=1S/2C4H10O2.H2O/c2*1-4(5)3-6-2;/h2*4-5H,3H2,1-2H3;1H2. The molecule has 2 unspecified atom stereocenters. The van der Waals surface area contributed by atoms with Crippen molar-refractivity contribution in [1.29, 1.82) is 0 Å². The molecule has 13 heavy (non-hydrogen) atoms. The third-order valence-corrected chi connectivity index (χ3v) is 0.816. The van der Waals surface area contributed by atoms with Gasteiger partial charge in [-0.15, -0.1) is 0 Å². The molecule has 5 nitrogen and oxygen atoms in total. The van der Waals surface area contributed by atoms with E-state index < -0.39 is 0 Å². The molecule has 0 rings (SSSR count). The fraction of sp³-hybridized carbons (Fsp3) is 1.00. The van der Waals surface area contributed by atoms with Crippen LogP contribution in [0, 0.1) is 0 Å².